The minimum Gasteiger partial charge on any atom is -0.353 e. The topological polar surface area (TPSA) is 85.8 Å². The molecule has 2 aromatic rings. The lowest BCUT2D eigenvalue weighted by atomic mass is 10.2. The number of amides is 1. The number of thioether (sulfide) groups is 1. The fourth-order valence-electron chi connectivity index (χ4n) is 1.72. The summed E-state index contributed by atoms with van der Waals surface area (Å²) in [7, 11) is 0. The Bertz CT molecular complexity index is 689. The molecule has 2 rings (SSSR count). The zero-order chi connectivity index (χ0) is 16.3. The van der Waals surface area contributed by atoms with Gasteiger partial charge in [0.25, 0.3) is 0 Å². The zero-order valence-electron chi connectivity index (χ0n) is 12.0. The van der Waals surface area contributed by atoms with Crippen LogP contribution in [0.15, 0.2) is 23.4 Å². The molecule has 0 aliphatic carbocycles. The lowest BCUT2D eigenvalue weighted by molar-refractivity contribution is -0.119. The molecule has 0 saturated carbocycles. The minimum absolute atomic E-state index is 0.0888. The van der Waals surface area contributed by atoms with Gasteiger partial charge in [-0.3, -0.25) is 4.79 Å². The number of nitrogens with one attached hydrogen (secondary N) is 1. The number of hydrogen-bond acceptors (Lipinski definition) is 5. The summed E-state index contributed by atoms with van der Waals surface area (Å²) in [6.45, 7) is 3.79. The molecule has 0 saturated heterocycles. The quantitative estimate of drug-likeness (QED) is 0.632. The van der Waals surface area contributed by atoms with E-state index in [1.807, 2.05) is 13.8 Å². The van der Waals surface area contributed by atoms with Crippen LogP contribution in [0.5, 0.6) is 0 Å². The van der Waals surface area contributed by atoms with Gasteiger partial charge in [-0.15, -0.1) is 10.2 Å². The van der Waals surface area contributed by atoms with Gasteiger partial charge in [-0.2, -0.15) is 0 Å². The van der Waals surface area contributed by atoms with Crippen LogP contribution in [0, 0.1) is 0 Å². The summed E-state index contributed by atoms with van der Waals surface area (Å²) < 4.78 is 1.31. The van der Waals surface area contributed by atoms with Crippen LogP contribution in [-0.2, 0) is 4.79 Å². The van der Waals surface area contributed by atoms with E-state index in [0.717, 1.165) is 0 Å². The number of nitrogens with two attached hydrogens (primary N) is 1. The number of nitrogens with zero attached hydrogens (tertiary/aromatic N) is 3. The summed E-state index contributed by atoms with van der Waals surface area (Å²) in [5.41, 5.74) is 0.625. The van der Waals surface area contributed by atoms with E-state index >= 15 is 0 Å². The first-order valence-corrected chi connectivity index (χ1v) is 8.20. The molecular formula is C13H15Cl2N5OS. The Hall–Kier alpha value is -1.44. The Morgan fingerprint density at radius 3 is 2.77 bits per heavy atom. The van der Waals surface area contributed by atoms with E-state index < -0.39 is 0 Å². The van der Waals surface area contributed by atoms with E-state index in [1.54, 1.807) is 18.2 Å². The van der Waals surface area contributed by atoms with Crippen molar-refractivity contribution in [1.82, 2.24) is 20.2 Å². The second-order valence-corrected chi connectivity index (χ2v) is 6.60. The largest absolute Gasteiger partial charge is 0.353 e. The third-order valence-corrected chi connectivity index (χ3v) is 4.11. The molecule has 3 N–H and O–H groups in total. The molecule has 1 amide bonds. The summed E-state index contributed by atoms with van der Waals surface area (Å²) in [5.74, 6) is 6.51. The van der Waals surface area contributed by atoms with Crippen molar-refractivity contribution in [3.05, 3.63) is 28.2 Å². The third kappa shape index (κ3) is 4.06. The first kappa shape index (κ1) is 16.9. The molecule has 0 radical (unpaired) electrons. The van der Waals surface area contributed by atoms with Crippen molar-refractivity contribution in [2.45, 2.75) is 25.0 Å². The van der Waals surface area contributed by atoms with Crippen molar-refractivity contribution in [1.29, 1.82) is 0 Å². The molecule has 0 atom stereocenters. The SMILES string of the molecule is CC(C)NC(=O)CSc1nnc(-c2ccc(Cl)cc2Cl)n1N. The van der Waals surface area contributed by atoms with E-state index in [-0.39, 0.29) is 17.7 Å². The van der Waals surface area contributed by atoms with Gasteiger partial charge in [-0.05, 0) is 32.0 Å². The normalized spacial score (nSPS) is 11.0. The van der Waals surface area contributed by atoms with Gasteiger partial charge in [0.15, 0.2) is 5.82 Å². The van der Waals surface area contributed by atoms with E-state index in [4.69, 9.17) is 29.0 Å². The number of rotatable bonds is 5. The zero-order valence-corrected chi connectivity index (χ0v) is 14.3. The first-order valence-electron chi connectivity index (χ1n) is 6.46. The molecule has 0 spiro atoms. The van der Waals surface area contributed by atoms with Crippen LogP contribution in [-0.4, -0.2) is 32.6 Å². The van der Waals surface area contributed by atoms with Gasteiger partial charge in [0.1, 0.15) is 0 Å². The molecule has 0 aliphatic rings. The molecule has 22 heavy (non-hydrogen) atoms. The number of halogens is 2. The molecule has 6 nitrogen and oxygen atoms in total. The number of carbonyl (C=O) groups is 1. The molecule has 118 valence electrons. The Morgan fingerprint density at radius 1 is 1.41 bits per heavy atom. The smallest absolute Gasteiger partial charge is 0.230 e. The monoisotopic (exact) mass is 359 g/mol. The van der Waals surface area contributed by atoms with Crippen LogP contribution in [0.4, 0.5) is 0 Å². The van der Waals surface area contributed by atoms with Crippen LogP contribution in [0.2, 0.25) is 10.0 Å². The highest BCUT2D eigenvalue weighted by Crippen LogP contribution is 2.30. The molecular weight excluding hydrogens is 345 g/mol. The lowest BCUT2D eigenvalue weighted by Gasteiger charge is -2.08. The number of hydrogen-bond donors (Lipinski definition) is 2. The molecule has 0 bridgehead atoms. The van der Waals surface area contributed by atoms with Gasteiger partial charge in [0.05, 0.1) is 10.8 Å². The maximum Gasteiger partial charge on any atom is 0.230 e. The minimum atomic E-state index is -0.0888. The van der Waals surface area contributed by atoms with Crippen molar-refractivity contribution in [3.8, 4) is 11.4 Å². The summed E-state index contributed by atoms with van der Waals surface area (Å²) >= 11 is 13.2. The molecule has 0 unspecified atom stereocenters. The Balaban J connectivity index is 2.14. The lowest BCUT2D eigenvalue weighted by Crippen LogP contribution is -2.31. The van der Waals surface area contributed by atoms with Crippen molar-refractivity contribution in [2.75, 3.05) is 11.6 Å². The van der Waals surface area contributed by atoms with Crippen molar-refractivity contribution in [2.24, 2.45) is 0 Å². The van der Waals surface area contributed by atoms with Gasteiger partial charge in [-0.25, -0.2) is 4.68 Å². The summed E-state index contributed by atoms with van der Waals surface area (Å²) in [6, 6.07) is 5.11. The van der Waals surface area contributed by atoms with E-state index in [1.165, 1.54) is 16.4 Å². The van der Waals surface area contributed by atoms with Crippen LogP contribution in [0.3, 0.4) is 0 Å². The van der Waals surface area contributed by atoms with Crippen molar-refractivity contribution in [3.63, 3.8) is 0 Å². The summed E-state index contributed by atoms with van der Waals surface area (Å²) in [4.78, 5) is 11.6. The number of aromatic nitrogens is 3. The first-order chi connectivity index (χ1) is 10.4. The summed E-state index contributed by atoms with van der Waals surface area (Å²) in [5, 5.41) is 12.2. The average Bonchev–Trinajstić information content (AvgIpc) is 2.77. The molecule has 1 aromatic carbocycles. The third-order valence-electron chi connectivity index (χ3n) is 2.62. The molecule has 0 aliphatic heterocycles. The molecule has 0 fully saturated rings. The second-order valence-electron chi connectivity index (χ2n) is 4.81. The molecule has 9 heteroatoms. The number of nitrogen functional groups attached to an aromatic ring is 1. The second kappa shape index (κ2) is 7.21. The molecule has 1 aromatic heterocycles. The van der Waals surface area contributed by atoms with Gasteiger partial charge in [-0.1, -0.05) is 35.0 Å². The Morgan fingerprint density at radius 2 is 2.14 bits per heavy atom. The maximum atomic E-state index is 11.6. The Kier molecular flexibility index (Phi) is 5.55. The number of benzene rings is 1. The average molecular weight is 360 g/mol. The standard InChI is InChI=1S/C13H15Cl2N5OS/c1-7(2)17-11(21)6-22-13-19-18-12(20(13)16)9-4-3-8(14)5-10(9)15/h3-5,7H,6,16H2,1-2H3,(H,17,21). The summed E-state index contributed by atoms with van der Waals surface area (Å²) in [6.07, 6.45) is 0. The van der Waals surface area contributed by atoms with E-state index in [2.05, 4.69) is 15.5 Å². The van der Waals surface area contributed by atoms with Crippen LogP contribution in [0.1, 0.15) is 13.8 Å². The van der Waals surface area contributed by atoms with Crippen LogP contribution < -0.4 is 11.2 Å². The van der Waals surface area contributed by atoms with Gasteiger partial charge >= 0.3 is 0 Å². The van der Waals surface area contributed by atoms with Crippen molar-refractivity contribution >= 4 is 40.9 Å². The van der Waals surface area contributed by atoms with Crippen LogP contribution >= 0.6 is 35.0 Å². The molecule has 1 heterocycles. The van der Waals surface area contributed by atoms with Gasteiger partial charge < -0.3 is 11.2 Å². The Labute approximate surface area is 142 Å². The predicted octanol–water partition coefficient (Wildman–Crippen LogP) is 2.58. The van der Waals surface area contributed by atoms with Crippen molar-refractivity contribution < 1.29 is 4.79 Å². The number of carbonyl (C=O) groups excluding carboxylic acids is 1. The van der Waals surface area contributed by atoms with Gasteiger partial charge in [0, 0.05) is 16.6 Å². The fourth-order valence-corrected chi connectivity index (χ4v) is 2.88. The highest BCUT2D eigenvalue weighted by Gasteiger charge is 2.16. The highest BCUT2D eigenvalue weighted by molar-refractivity contribution is 7.99. The van der Waals surface area contributed by atoms with Crippen LogP contribution in [0.25, 0.3) is 11.4 Å². The fraction of sp³-hybridized carbons (Fsp3) is 0.308. The van der Waals surface area contributed by atoms with E-state index in [0.29, 0.717) is 26.6 Å². The highest BCUT2D eigenvalue weighted by atomic mass is 35.5. The predicted molar refractivity (Wildman–Crippen MR) is 89.6 cm³/mol. The van der Waals surface area contributed by atoms with E-state index in [9.17, 15) is 4.79 Å². The maximum absolute atomic E-state index is 11.6. The van der Waals surface area contributed by atoms with Gasteiger partial charge in [0.2, 0.25) is 11.1 Å².